The first kappa shape index (κ1) is 24.8. The summed E-state index contributed by atoms with van der Waals surface area (Å²) in [5.41, 5.74) is 0.871. The van der Waals surface area contributed by atoms with Gasteiger partial charge in [-0.15, -0.1) is 0 Å². The maximum Gasteiger partial charge on any atom is 0.306 e. The summed E-state index contributed by atoms with van der Waals surface area (Å²) >= 11 is 0. The molecule has 2 amide bonds. The molecule has 2 aliphatic rings. The Labute approximate surface area is 212 Å². The van der Waals surface area contributed by atoms with E-state index in [-0.39, 0.29) is 52.7 Å². The molecule has 37 heavy (non-hydrogen) atoms. The molecule has 10 nitrogen and oxygen atoms in total. The second kappa shape index (κ2) is 9.87. The molecule has 2 saturated carbocycles. The minimum absolute atomic E-state index is 0.0134. The summed E-state index contributed by atoms with van der Waals surface area (Å²) in [5.74, 6) is -1.72. The van der Waals surface area contributed by atoms with Crippen molar-refractivity contribution in [1.29, 1.82) is 0 Å². The van der Waals surface area contributed by atoms with Crippen molar-refractivity contribution in [2.24, 2.45) is 23.7 Å². The quantitative estimate of drug-likeness (QED) is 0.465. The Morgan fingerprint density at radius 2 is 1.81 bits per heavy atom. The third-order valence-electron chi connectivity index (χ3n) is 8.07. The molecule has 6 atom stereocenters. The fourth-order valence-electron chi connectivity index (χ4n) is 6.07. The van der Waals surface area contributed by atoms with Crippen molar-refractivity contribution in [2.75, 3.05) is 0 Å². The number of hydrogen-bond acceptors (Lipinski definition) is 6. The van der Waals surface area contributed by atoms with E-state index in [1.807, 2.05) is 6.92 Å². The second-order valence-corrected chi connectivity index (χ2v) is 10.1. The average molecular weight is 509 g/mol. The van der Waals surface area contributed by atoms with Crippen LogP contribution < -0.4 is 10.6 Å². The molecule has 2 aliphatic carbocycles. The van der Waals surface area contributed by atoms with Gasteiger partial charge in [-0.3, -0.25) is 14.4 Å². The number of hydrogen-bond donors (Lipinski definition) is 3. The molecule has 2 unspecified atom stereocenters. The molecular weight excluding hydrogens is 479 g/mol. The maximum absolute atomic E-state index is 13.4. The fourth-order valence-corrected chi connectivity index (χ4v) is 6.07. The maximum atomic E-state index is 13.4. The number of aromatic nitrogens is 4. The molecule has 0 bridgehead atoms. The van der Waals surface area contributed by atoms with Gasteiger partial charge in [0.25, 0.3) is 17.6 Å². The van der Waals surface area contributed by atoms with Crippen LogP contribution >= 0.6 is 0 Å². The standard InChI is InChI=1S/C26H29FN6O4/c1-13-17-9-10-20(19(17)8-7-18(13)25(36)37)31-24(35)22-11-21(32-26-28-12-29-33(22)26)23(34)30-14(2)15-3-5-16(27)6-4-15/h3-6,11-14,17-20H,7-10H2,1-2H3,(H,30,34)(H,31,35)(H,36,37)/t13-,14+,17?,18?,19-,20+/m1/s1. The van der Waals surface area contributed by atoms with Crippen LogP contribution in [0.25, 0.3) is 5.78 Å². The summed E-state index contributed by atoms with van der Waals surface area (Å²) in [5, 5.41) is 19.6. The number of carbonyl (C=O) groups is 3. The first-order valence-electron chi connectivity index (χ1n) is 12.5. The lowest BCUT2D eigenvalue weighted by atomic mass is 9.68. The zero-order valence-corrected chi connectivity index (χ0v) is 20.6. The van der Waals surface area contributed by atoms with E-state index in [1.54, 1.807) is 19.1 Å². The SMILES string of the molecule is C[C@H]1C(C(=O)O)CC[C@@H]2C1CC[C@@H]2NC(=O)c1cc(C(=O)N[C@@H](C)c2ccc(F)cc2)nc2ncnn12. The number of aliphatic carboxylic acids is 1. The highest BCUT2D eigenvalue weighted by Crippen LogP contribution is 2.48. The topological polar surface area (TPSA) is 139 Å². The van der Waals surface area contributed by atoms with Crippen LogP contribution in [0.5, 0.6) is 0 Å². The van der Waals surface area contributed by atoms with Crippen LogP contribution in [-0.4, -0.2) is 48.5 Å². The van der Waals surface area contributed by atoms with Crippen molar-refractivity contribution in [3.8, 4) is 0 Å². The van der Waals surface area contributed by atoms with Crippen molar-refractivity contribution in [2.45, 2.75) is 51.6 Å². The van der Waals surface area contributed by atoms with Crippen molar-refractivity contribution in [1.82, 2.24) is 30.2 Å². The van der Waals surface area contributed by atoms with Gasteiger partial charge in [0.15, 0.2) is 0 Å². The summed E-state index contributed by atoms with van der Waals surface area (Å²) in [7, 11) is 0. The highest BCUT2D eigenvalue weighted by molar-refractivity contribution is 5.98. The molecule has 2 heterocycles. The largest absolute Gasteiger partial charge is 0.481 e. The van der Waals surface area contributed by atoms with E-state index in [1.165, 1.54) is 29.0 Å². The summed E-state index contributed by atoms with van der Waals surface area (Å²) in [6.07, 6.45) is 4.25. The molecule has 0 radical (unpaired) electrons. The lowest BCUT2D eigenvalue weighted by molar-refractivity contribution is -0.146. The van der Waals surface area contributed by atoms with Gasteiger partial charge in [-0.25, -0.2) is 9.37 Å². The van der Waals surface area contributed by atoms with Gasteiger partial charge in [-0.05, 0) is 68.1 Å². The Hall–Kier alpha value is -3.89. The second-order valence-electron chi connectivity index (χ2n) is 10.1. The van der Waals surface area contributed by atoms with Crippen LogP contribution in [0.3, 0.4) is 0 Å². The van der Waals surface area contributed by atoms with Gasteiger partial charge in [0.2, 0.25) is 0 Å². The molecular formula is C26H29FN6O4. The Balaban J connectivity index is 1.33. The summed E-state index contributed by atoms with van der Waals surface area (Å²) in [6.45, 7) is 3.77. The Morgan fingerprint density at radius 3 is 2.54 bits per heavy atom. The molecule has 0 aliphatic heterocycles. The van der Waals surface area contributed by atoms with Crippen LogP contribution in [0.2, 0.25) is 0 Å². The Morgan fingerprint density at radius 1 is 1.08 bits per heavy atom. The number of benzene rings is 1. The minimum atomic E-state index is -0.747. The van der Waals surface area contributed by atoms with Crippen molar-refractivity contribution in [3.05, 3.63) is 59.4 Å². The van der Waals surface area contributed by atoms with Crippen LogP contribution in [0.15, 0.2) is 36.7 Å². The average Bonchev–Trinajstić information content (AvgIpc) is 3.51. The molecule has 3 N–H and O–H groups in total. The number of halogens is 1. The summed E-state index contributed by atoms with van der Waals surface area (Å²) in [6, 6.07) is 6.71. The van der Waals surface area contributed by atoms with Crippen LogP contribution in [-0.2, 0) is 4.79 Å². The molecule has 5 rings (SSSR count). The van der Waals surface area contributed by atoms with E-state index in [0.717, 1.165) is 24.8 Å². The van der Waals surface area contributed by atoms with Crippen molar-refractivity contribution in [3.63, 3.8) is 0 Å². The first-order chi connectivity index (χ1) is 17.7. The zero-order valence-electron chi connectivity index (χ0n) is 20.6. The molecule has 0 saturated heterocycles. The van der Waals surface area contributed by atoms with Crippen LogP contribution in [0, 0.1) is 29.5 Å². The van der Waals surface area contributed by atoms with Gasteiger partial charge >= 0.3 is 5.97 Å². The highest BCUT2D eigenvalue weighted by atomic mass is 19.1. The monoisotopic (exact) mass is 508 g/mol. The van der Waals surface area contributed by atoms with Crippen LogP contribution in [0.1, 0.15) is 72.1 Å². The molecule has 11 heteroatoms. The fraction of sp³-hybridized carbons (Fsp3) is 0.462. The predicted molar refractivity (Wildman–Crippen MR) is 130 cm³/mol. The molecule has 194 valence electrons. The summed E-state index contributed by atoms with van der Waals surface area (Å²) < 4.78 is 14.5. The van der Waals surface area contributed by atoms with Gasteiger partial charge in [-0.1, -0.05) is 19.1 Å². The number of carboxylic acids is 1. The van der Waals surface area contributed by atoms with E-state index in [4.69, 9.17) is 0 Å². The van der Waals surface area contributed by atoms with Gasteiger partial charge in [0.05, 0.1) is 12.0 Å². The molecule has 3 aromatic rings. The Kier molecular flexibility index (Phi) is 6.61. The molecule has 1 aromatic carbocycles. The number of carbonyl (C=O) groups excluding carboxylic acids is 2. The summed E-state index contributed by atoms with van der Waals surface area (Å²) in [4.78, 5) is 46.3. The van der Waals surface area contributed by atoms with Gasteiger partial charge in [0, 0.05) is 12.1 Å². The normalized spacial score (nSPS) is 25.9. The van der Waals surface area contributed by atoms with E-state index in [2.05, 4.69) is 25.7 Å². The van der Waals surface area contributed by atoms with Crippen LogP contribution in [0.4, 0.5) is 4.39 Å². The minimum Gasteiger partial charge on any atom is -0.481 e. The van der Waals surface area contributed by atoms with Crippen molar-refractivity contribution < 1.29 is 23.9 Å². The third-order valence-corrected chi connectivity index (χ3v) is 8.07. The number of nitrogens with zero attached hydrogens (tertiary/aromatic N) is 4. The van der Waals surface area contributed by atoms with E-state index >= 15 is 0 Å². The van der Waals surface area contributed by atoms with E-state index in [0.29, 0.717) is 6.42 Å². The van der Waals surface area contributed by atoms with E-state index < -0.39 is 23.8 Å². The van der Waals surface area contributed by atoms with Gasteiger partial charge in [0.1, 0.15) is 23.5 Å². The van der Waals surface area contributed by atoms with Gasteiger partial charge < -0.3 is 15.7 Å². The molecule has 2 fully saturated rings. The number of rotatable bonds is 6. The zero-order chi connectivity index (χ0) is 26.3. The van der Waals surface area contributed by atoms with Gasteiger partial charge in [-0.2, -0.15) is 14.6 Å². The van der Waals surface area contributed by atoms with E-state index in [9.17, 15) is 23.9 Å². The predicted octanol–water partition coefficient (Wildman–Crippen LogP) is 3.01. The molecule has 2 aromatic heterocycles. The Bertz CT molecular complexity index is 1340. The first-order valence-corrected chi connectivity index (χ1v) is 12.5. The number of carboxylic acid groups (broad SMARTS) is 1. The van der Waals surface area contributed by atoms with Crippen molar-refractivity contribution >= 4 is 23.6 Å². The number of nitrogens with one attached hydrogen (secondary N) is 2. The lowest BCUT2D eigenvalue weighted by Gasteiger charge is -2.38. The number of amides is 2. The highest BCUT2D eigenvalue weighted by Gasteiger charge is 2.46. The smallest absolute Gasteiger partial charge is 0.306 e. The lowest BCUT2D eigenvalue weighted by Crippen LogP contribution is -2.44. The molecule has 0 spiro atoms. The number of fused-ring (bicyclic) bond motifs is 2. The third kappa shape index (κ3) is 4.77.